The van der Waals surface area contributed by atoms with Gasteiger partial charge in [-0.2, -0.15) is 0 Å². The molecule has 1 aliphatic heterocycles. The topological polar surface area (TPSA) is 46.6 Å². The molecule has 26 heavy (non-hydrogen) atoms. The first-order chi connectivity index (χ1) is 12.6. The van der Waals surface area contributed by atoms with Crippen molar-refractivity contribution in [2.24, 2.45) is 17.8 Å². The molecular formula is C22H21NO3. The molecule has 132 valence electrons. The van der Waals surface area contributed by atoms with Gasteiger partial charge in [-0.25, -0.2) is 0 Å². The van der Waals surface area contributed by atoms with Crippen molar-refractivity contribution in [2.75, 3.05) is 4.90 Å². The van der Waals surface area contributed by atoms with Crippen LogP contribution in [0.5, 0.6) is 5.75 Å². The second-order valence-electron chi connectivity index (χ2n) is 6.94. The highest BCUT2D eigenvalue weighted by Crippen LogP contribution is 2.40. The third-order valence-corrected chi connectivity index (χ3v) is 5.22. The zero-order valence-electron chi connectivity index (χ0n) is 14.7. The lowest BCUT2D eigenvalue weighted by molar-refractivity contribution is -0.122. The fraction of sp³-hybridized carbons (Fsp3) is 0.273. The number of nitrogens with zero attached hydrogens (tertiary/aromatic N) is 1. The van der Waals surface area contributed by atoms with Crippen LogP contribution >= 0.6 is 0 Å². The predicted octanol–water partition coefficient (Wildman–Crippen LogP) is 3.97. The molecule has 3 unspecified atom stereocenters. The lowest BCUT2D eigenvalue weighted by Crippen LogP contribution is -2.31. The summed E-state index contributed by atoms with van der Waals surface area (Å²) < 4.78 is 5.78. The standard InChI is InChI=1S/C22H21NO3/c1-15-6-5-9-19-20(15)22(25)23(21(19)24)17-10-12-18(13-11-17)26-14-16-7-3-2-4-8-16/h2-8,10-13,15,19-20H,9,14H2,1H3. The Morgan fingerprint density at radius 2 is 1.73 bits per heavy atom. The molecule has 1 fully saturated rings. The van der Waals surface area contributed by atoms with Crippen LogP contribution in [0.4, 0.5) is 5.69 Å². The van der Waals surface area contributed by atoms with Crippen LogP contribution in [-0.2, 0) is 16.2 Å². The first-order valence-corrected chi connectivity index (χ1v) is 8.96. The number of carbonyl (C=O) groups is 2. The van der Waals surface area contributed by atoms with E-state index in [9.17, 15) is 9.59 Å². The summed E-state index contributed by atoms with van der Waals surface area (Å²) in [6.07, 6.45) is 4.70. The number of benzene rings is 2. The van der Waals surface area contributed by atoms with Crippen LogP contribution in [0.2, 0.25) is 0 Å². The Morgan fingerprint density at radius 3 is 2.42 bits per heavy atom. The molecule has 0 bridgehead atoms. The van der Waals surface area contributed by atoms with Crippen LogP contribution in [0.15, 0.2) is 66.7 Å². The van der Waals surface area contributed by atoms with Crippen molar-refractivity contribution in [1.29, 1.82) is 0 Å². The van der Waals surface area contributed by atoms with Crippen LogP contribution in [0.1, 0.15) is 18.9 Å². The molecule has 4 heteroatoms. The average molecular weight is 347 g/mol. The molecule has 0 saturated carbocycles. The summed E-state index contributed by atoms with van der Waals surface area (Å²) in [5, 5.41) is 0. The molecule has 1 aliphatic carbocycles. The van der Waals surface area contributed by atoms with Gasteiger partial charge in [-0.05, 0) is 42.2 Å². The fourth-order valence-corrected chi connectivity index (χ4v) is 3.83. The smallest absolute Gasteiger partial charge is 0.238 e. The molecule has 0 aromatic heterocycles. The number of anilines is 1. The van der Waals surface area contributed by atoms with Gasteiger partial charge in [0.15, 0.2) is 0 Å². The monoisotopic (exact) mass is 347 g/mol. The molecular weight excluding hydrogens is 326 g/mol. The van der Waals surface area contributed by atoms with Crippen LogP contribution in [0, 0.1) is 17.8 Å². The van der Waals surface area contributed by atoms with Crippen molar-refractivity contribution in [3.05, 3.63) is 72.3 Å². The molecule has 3 atom stereocenters. The Balaban J connectivity index is 1.48. The highest BCUT2D eigenvalue weighted by Gasteiger charge is 2.50. The quantitative estimate of drug-likeness (QED) is 0.621. The fourth-order valence-electron chi connectivity index (χ4n) is 3.83. The van der Waals surface area contributed by atoms with Gasteiger partial charge in [0, 0.05) is 0 Å². The minimum atomic E-state index is -0.235. The van der Waals surface area contributed by atoms with Crippen LogP contribution in [-0.4, -0.2) is 11.8 Å². The van der Waals surface area contributed by atoms with E-state index in [1.54, 1.807) is 12.1 Å². The minimum Gasteiger partial charge on any atom is -0.489 e. The van der Waals surface area contributed by atoms with E-state index in [1.165, 1.54) is 4.90 Å². The van der Waals surface area contributed by atoms with Crippen LogP contribution < -0.4 is 9.64 Å². The number of hydrogen-bond donors (Lipinski definition) is 0. The molecule has 2 aromatic carbocycles. The highest BCUT2D eigenvalue weighted by molar-refractivity contribution is 6.22. The molecule has 2 amide bonds. The predicted molar refractivity (Wildman–Crippen MR) is 99.6 cm³/mol. The van der Waals surface area contributed by atoms with Gasteiger partial charge in [-0.3, -0.25) is 14.5 Å². The Bertz CT molecular complexity index is 841. The normalized spacial score (nSPS) is 24.7. The van der Waals surface area contributed by atoms with E-state index in [2.05, 4.69) is 0 Å². The summed E-state index contributed by atoms with van der Waals surface area (Å²) in [5.74, 6) is 0.176. The van der Waals surface area contributed by atoms with Gasteiger partial charge in [0.2, 0.25) is 11.8 Å². The first-order valence-electron chi connectivity index (χ1n) is 8.96. The number of carbonyl (C=O) groups excluding carboxylic acids is 2. The second-order valence-corrected chi connectivity index (χ2v) is 6.94. The number of fused-ring (bicyclic) bond motifs is 1. The molecule has 4 nitrogen and oxygen atoms in total. The number of hydrogen-bond acceptors (Lipinski definition) is 3. The minimum absolute atomic E-state index is 0.0881. The van der Waals surface area contributed by atoms with Gasteiger partial charge in [-0.1, -0.05) is 49.4 Å². The number of imide groups is 1. The lowest BCUT2D eigenvalue weighted by Gasteiger charge is -2.22. The molecule has 0 radical (unpaired) electrons. The molecule has 2 aliphatic rings. The SMILES string of the molecule is CC1C=CCC2C(=O)N(c3ccc(OCc4ccccc4)cc3)C(=O)C12. The van der Waals surface area contributed by atoms with E-state index in [4.69, 9.17) is 4.74 Å². The number of rotatable bonds is 4. The maximum Gasteiger partial charge on any atom is 0.238 e. The average Bonchev–Trinajstić information content (AvgIpc) is 2.93. The van der Waals surface area contributed by atoms with Gasteiger partial charge in [0.25, 0.3) is 0 Å². The summed E-state index contributed by atoms with van der Waals surface area (Å²) in [5.41, 5.74) is 1.71. The largest absolute Gasteiger partial charge is 0.489 e. The lowest BCUT2D eigenvalue weighted by atomic mass is 9.78. The third kappa shape index (κ3) is 2.92. The van der Waals surface area contributed by atoms with Crippen LogP contribution in [0.25, 0.3) is 0 Å². The Labute approximate surface area is 153 Å². The number of ether oxygens (including phenoxy) is 1. The molecule has 2 aromatic rings. The van der Waals surface area contributed by atoms with Crippen molar-refractivity contribution in [1.82, 2.24) is 0 Å². The van der Waals surface area contributed by atoms with Crippen molar-refractivity contribution >= 4 is 17.5 Å². The van der Waals surface area contributed by atoms with Gasteiger partial charge in [0.1, 0.15) is 12.4 Å². The van der Waals surface area contributed by atoms with Crippen molar-refractivity contribution in [3.63, 3.8) is 0 Å². The van der Waals surface area contributed by atoms with Crippen molar-refractivity contribution in [2.45, 2.75) is 20.0 Å². The van der Waals surface area contributed by atoms with E-state index in [0.717, 1.165) is 5.56 Å². The van der Waals surface area contributed by atoms with Gasteiger partial charge >= 0.3 is 0 Å². The maximum absolute atomic E-state index is 12.8. The van der Waals surface area contributed by atoms with E-state index in [0.29, 0.717) is 24.5 Å². The number of allylic oxidation sites excluding steroid dienone is 2. The van der Waals surface area contributed by atoms with E-state index >= 15 is 0 Å². The van der Waals surface area contributed by atoms with E-state index in [1.807, 2.05) is 61.5 Å². The summed E-state index contributed by atoms with van der Waals surface area (Å²) in [7, 11) is 0. The zero-order chi connectivity index (χ0) is 18.1. The Kier molecular flexibility index (Phi) is 4.33. The van der Waals surface area contributed by atoms with Crippen molar-refractivity contribution < 1.29 is 14.3 Å². The number of amides is 2. The molecule has 1 saturated heterocycles. The summed E-state index contributed by atoms with van der Waals surface area (Å²) in [6, 6.07) is 17.1. The highest BCUT2D eigenvalue weighted by atomic mass is 16.5. The van der Waals surface area contributed by atoms with Gasteiger partial charge in [-0.15, -0.1) is 0 Å². The van der Waals surface area contributed by atoms with E-state index in [-0.39, 0.29) is 29.6 Å². The second kappa shape index (κ2) is 6.79. The Morgan fingerprint density at radius 1 is 1.00 bits per heavy atom. The summed E-state index contributed by atoms with van der Waals surface area (Å²) in [6.45, 7) is 2.48. The molecule has 0 N–H and O–H groups in total. The summed E-state index contributed by atoms with van der Waals surface area (Å²) in [4.78, 5) is 26.9. The summed E-state index contributed by atoms with van der Waals surface area (Å²) >= 11 is 0. The van der Waals surface area contributed by atoms with Crippen LogP contribution in [0.3, 0.4) is 0 Å². The Hall–Kier alpha value is -2.88. The first kappa shape index (κ1) is 16.6. The van der Waals surface area contributed by atoms with Gasteiger partial charge < -0.3 is 4.74 Å². The van der Waals surface area contributed by atoms with Crippen molar-refractivity contribution in [3.8, 4) is 5.75 Å². The van der Waals surface area contributed by atoms with Gasteiger partial charge in [0.05, 0.1) is 17.5 Å². The van der Waals surface area contributed by atoms with E-state index < -0.39 is 0 Å². The maximum atomic E-state index is 12.8. The molecule has 0 spiro atoms. The zero-order valence-corrected chi connectivity index (χ0v) is 14.7. The molecule has 4 rings (SSSR count). The molecule has 1 heterocycles. The third-order valence-electron chi connectivity index (χ3n) is 5.22.